The van der Waals surface area contributed by atoms with Gasteiger partial charge in [0.05, 0.1) is 25.0 Å². The van der Waals surface area contributed by atoms with E-state index in [0.717, 1.165) is 5.69 Å². The summed E-state index contributed by atoms with van der Waals surface area (Å²) in [5.74, 6) is 2.06. The van der Waals surface area contributed by atoms with Gasteiger partial charge in [0.2, 0.25) is 5.16 Å². The molecule has 0 bridgehead atoms. The first-order valence-corrected chi connectivity index (χ1v) is 9.24. The van der Waals surface area contributed by atoms with Gasteiger partial charge in [-0.3, -0.25) is 4.21 Å². The van der Waals surface area contributed by atoms with Crippen LogP contribution in [0, 0.1) is 0 Å². The van der Waals surface area contributed by atoms with Crippen molar-refractivity contribution in [2.24, 2.45) is 0 Å². The third kappa shape index (κ3) is 3.30. The van der Waals surface area contributed by atoms with Crippen molar-refractivity contribution in [1.82, 2.24) is 9.97 Å². The van der Waals surface area contributed by atoms with E-state index in [2.05, 4.69) is 21.8 Å². The standard InChI is InChI=1S/C17H20N4O3S/c1-12-20(13-5-6-14(23-2)15(11-13)24-3)9-10-21(12)16-7-8-18-17(19-16)25(4)22/h5-12H,1-4H3. The molecule has 7 nitrogen and oxygen atoms in total. The number of rotatable bonds is 5. The summed E-state index contributed by atoms with van der Waals surface area (Å²) in [5.41, 5.74) is 0.970. The van der Waals surface area contributed by atoms with Crippen LogP contribution in [0.3, 0.4) is 0 Å². The largest absolute Gasteiger partial charge is 0.493 e. The fourth-order valence-corrected chi connectivity index (χ4v) is 3.13. The summed E-state index contributed by atoms with van der Waals surface area (Å²) in [5, 5.41) is 0.322. The zero-order chi connectivity index (χ0) is 18.0. The van der Waals surface area contributed by atoms with E-state index in [1.165, 1.54) is 0 Å². The first-order chi connectivity index (χ1) is 12.0. The van der Waals surface area contributed by atoms with Gasteiger partial charge in [-0.05, 0) is 25.1 Å². The highest BCUT2D eigenvalue weighted by atomic mass is 32.2. The lowest BCUT2D eigenvalue weighted by Gasteiger charge is -2.29. The lowest BCUT2D eigenvalue weighted by Crippen LogP contribution is -2.36. The normalized spacial score (nSPS) is 17.7. The van der Waals surface area contributed by atoms with Crippen molar-refractivity contribution in [1.29, 1.82) is 0 Å². The van der Waals surface area contributed by atoms with Crippen molar-refractivity contribution >= 4 is 22.3 Å². The summed E-state index contributed by atoms with van der Waals surface area (Å²) < 4.78 is 22.3. The van der Waals surface area contributed by atoms with Crippen molar-refractivity contribution in [2.45, 2.75) is 18.2 Å². The molecule has 1 aliphatic heterocycles. The van der Waals surface area contributed by atoms with E-state index < -0.39 is 10.8 Å². The quantitative estimate of drug-likeness (QED) is 0.758. The summed E-state index contributed by atoms with van der Waals surface area (Å²) in [6.07, 6.45) is 7.09. The van der Waals surface area contributed by atoms with Crippen LogP contribution >= 0.6 is 0 Å². The molecule has 0 saturated carbocycles. The van der Waals surface area contributed by atoms with Crippen molar-refractivity contribution < 1.29 is 13.7 Å². The molecule has 0 radical (unpaired) electrons. The van der Waals surface area contributed by atoms with Crippen LogP contribution < -0.4 is 19.3 Å². The fraction of sp³-hybridized carbons (Fsp3) is 0.294. The zero-order valence-electron chi connectivity index (χ0n) is 14.5. The Bertz CT molecular complexity index is 827. The Hall–Kier alpha value is -2.61. The number of hydrogen-bond acceptors (Lipinski definition) is 7. The highest BCUT2D eigenvalue weighted by Gasteiger charge is 2.26. The van der Waals surface area contributed by atoms with Gasteiger partial charge in [-0.25, -0.2) is 9.97 Å². The SMILES string of the molecule is COc1ccc(N2C=CN(c3ccnc(S(C)=O)n3)C2C)cc1OC. The number of anilines is 2. The summed E-state index contributed by atoms with van der Waals surface area (Å²) in [6.45, 7) is 2.06. The Labute approximate surface area is 149 Å². The van der Waals surface area contributed by atoms with E-state index in [1.54, 1.807) is 32.7 Å². The van der Waals surface area contributed by atoms with Gasteiger partial charge in [-0.2, -0.15) is 0 Å². The molecule has 0 spiro atoms. The average Bonchev–Trinajstić information content (AvgIpc) is 3.02. The average molecular weight is 360 g/mol. The molecule has 1 aliphatic rings. The minimum absolute atomic E-state index is 0.00820. The van der Waals surface area contributed by atoms with Crippen LogP contribution in [0.25, 0.3) is 0 Å². The van der Waals surface area contributed by atoms with Gasteiger partial charge >= 0.3 is 0 Å². The van der Waals surface area contributed by atoms with Crippen molar-refractivity contribution in [3.05, 3.63) is 42.9 Å². The third-order valence-corrected chi connectivity index (χ3v) is 4.71. The molecule has 132 valence electrons. The molecule has 8 heteroatoms. The predicted octanol–water partition coefficient (Wildman–Crippen LogP) is 2.38. The summed E-state index contributed by atoms with van der Waals surface area (Å²) >= 11 is 0. The van der Waals surface area contributed by atoms with Crippen molar-refractivity contribution in [2.75, 3.05) is 30.3 Å². The maximum atomic E-state index is 11.6. The Kier molecular flexibility index (Phi) is 4.89. The van der Waals surface area contributed by atoms with E-state index in [4.69, 9.17) is 9.47 Å². The molecule has 2 atom stereocenters. The number of methoxy groups -OCH3 is 2. The zero-order valence-corrected chi connectivity index (χ0v) is 15.4. The molecule has 0 aliphatic carbocycles. The van der Waals surface area contributed by atoms with E-state index in [9.17, 15) is 4.21 Å². The van der Waals surface area contributed by atoms with Gasteiger partial charge in [-0.15, -0.1) is 0 Å². The maximum Gasteiger partial charge on any atom is 0.220 e. The van der Waals surface area contributed by atoms with Crippen molar-refractivity contribution in [3.63, 3.8) is 0 Å². The lowest BCUT2D eigenvalue weighted by atomic mass is 10.2. The van der Waals surface area contributed by atoms with Gasteiger partial charge in [0, 0.05) is 36.6 Å². The third-order valence-electron chi connectivity index (χ3n) is 4.00. The van der Waals surface area contributed by atoms with Gasteiger partial charge in [-0.1, -0.05) is 0 Å². The second kappa shape index (κ2) is 7.10. The molecule has 25 heavy (non-hydrogen) atoms. The number of nitrogens with zero attached hydrogens (tertiary/aromatic N) is 4. The number of hydrogen-bond donors (Lipinski definition) is 0. The van der Waals surface area contributed by atoms with Gasteiger partial charge in [0.1, 0.15) is 12.0 Å². The smallest absolute Gasteiger partial charge is 0.220 e. The van der Waals surface area contributed by atoms with Crippen LogP contribution in [-0.4, -0.2) is 40.8 Å². The summed E-state index contributed by atoms with van der Waals surface area (Å²) in [7, 11) is 2.01. The molecule has 0 fully saturated rings. The van der Waals surface area contributed by atoms with E-state index >= 15 is 0 Å². The first kappa shape index (κ1) is 17.2. The van der Waals surface area contributed by atoms with E-state index in [-0.39, 0.29) is 6.17 Å². The highest BCUT2D eigenvalue weighted by molar-refractivity contribution is 7.84. The van der Waals surface area contributed by atoms with Crippen LogP contribution in [0.2, 0.25) is 0 Å². The first-order valence-electron chi connectivity index (χ1n) is 7.68. The topological polar surface area (TPSA) is 67.8 Å². The second-order valence-corrected chi connectivity index (χ2v) is 6.71. The Morgan fingerprint density at radius 3 is 2.48 bits per heavy atom. The molecule has 0 amide bonds. The van der Waals surface area contributed by atoms with Gasteiger partial charge < -0.3 is 19.3 Å². The minimum atomic E-state index is -1.22. The van der Waals surface area contributed by atoms with Gasteiger partial charge in [0.15, 0.2) is 11.5 Å². The van der Waals surface area contributed by atoms with Crippen molar-refractivity contribution in [3.8, 4) is 11.5 Å². The Morgan fingerprint density at radius 1 is 1.08 bits per heavy atom. The van der Waals surface area contributed by atoms with E-state index in [1.807, 2.05) is 35.5 Å². The molecule has 3 rings (SSSR count). The molecule has 1 aromatic carbocycles. The van der Waals surface area contributed by atoms with Crippen LogP contribution in [0.5, 0.6) is 11.5 Å². The molecular formula is C17H20N4O3S. The Balaban J connectivity index is 1.87. The highest BCUT2D eigenvalue weighted by Crippen LogP contribution is 2.35. The lowest BCUT2D eigenvalue weighted by molar-refractivity contribution is 0.355. The molecule has 2 heterocycles. The van der Waals surface area contributed by atoms with Crippen LogP contribution in [0.15, 0.2) is 48.0 Å². The number of aromatic nitrogens is 2. The van der Waals surface area contributed by atoms with Crippen LogP contribution in [-0.2, 0) is 10.8 Å². The monoisotopic (exact) mass is 360 g/mol. The van der Waals surface area contributed by atoms with Crippen LogP contribution in [0.4, 0.5) is 11.5 Å². The van der Waals surface area contributed by atoms with Crippen LogP contribution in [0.1, 0.15) is 6.92 Å². The predicted molar refractivity (Wildman–Crippen MR) is 97.5 cm³/mol. The van der Waals surface area contributed by atoms with E-state index in [0.29, 0.717) is 22.5 Å². The summed E-state index contributed by atoms with van der Waals surface area (Å²) in [4.78, 5) is 12.5. The number of benzene rings is 1. The molecule has 2 unspecified atom stereocenters. The van der Waals surface area contributed by atoms with Gasteiger partial charge in [0.25, 0.3) is 0 Å². The molecule has 1 aromatic heterocycles. The molecule has 0 N–H and O–H groups in total. The molecular weight excluding hydrogens is 340 g/mol. The Morgan fingerprint density at radius 2 is 1.80 bits per heavy atom. The maximum absolute atomic E-state index is 11.6. The molecule has 0 saturated heterocycles. The fourth-order valence-electron chi connectivity index (χ4n) is 2.70. The minimum Gasteiger partial charge on any atom is -0.493 e. The molecule has 2 aromatic rings. The number of ether oxygens (including phenoxy) is 2. The second-order valence-electron chi connectivity index (χ2n) is 5.44. The summed E-state index contributed by atoms with van der Waals surface area (Å²) in [6, 6.07) is 7.57.